The van der Waals surface area contributed by atoms with Gasteiger partial charge in [-0.05, 0) is 19.4 Å². The van der Waals surface area contributed by atoms with E-state index in [-0.39, 0.29) is 31.4 Å². The average molecular weight is 418 g/mol. The zero-order chi connectivity index (χ0) is 22.4. The number of carboxylic acid groups (broad SMARTS) is 3. The van der Waals surface area contributed by atoms with Gasteiger partial charge in [-0.1, -0.05) is 27.2 Å². The Hall–Kier alpha value is -2.04. The van der Waals surface area contributed by atoms with Crippen molar-refractivity contribution in [1.82, 2.24) is 9.80 Å². The van der Waals surface area contributed by atoms with Gasteiger partial charge in [0.05, 0.1) is 19.6 Å². The van der Waals surface area contributed by atoms with Gasteiger partial charge < -0.3 is 20.1 Å². The zero-order valence-corrected chi connectivity index (χ0v) is 17.5. The summed E-state index contributed by atoms with van der Waals surface area (Å²) in [6, 6.07) is 0. The van der Waals surface area contributed by atoms with E-state index in [0.717, 1.165) is 17.7 Å². The van der Waals surface area contributed by atoms with Gasteiger partial charge in [-0.25, -0.2) is 0 Å². The van der Waals surface area contributed by atoms with Crippen molar-refractivity contribution in [3.8, 4) is 0 Å². The van der Waals surface area contributed by atoms with E-state index in [1.165, 1.54) is 0 Å². The number of ether oxygens (including phenoxy) is 1. The minimum Gasteiger partial charge on any atom is -0.480 e. The monoisotopic (exact) mass is 418 g/mol. The maximum Gasteiger partial charge on any atom is 0.317 e. The third-order valence-corrected chi connectivity index (χ3v) is 4.33. The minimum atomic E-state index is -1.20. The Kier molecular flexibility index (Phi) is 13.8. The molecule has 0 aromatic rings. The van der Waals surface area contributed by atoms with Gasteiger partial charge in [0.25, 0.3) is 0 Å². The normalized spacial score (nSPS) is 12.5. The summed E-state index contributed by atoms with van der Waals surface area (Å²) in [5, 5.41) is 27.2. The lowest BCUT2D eigenvalue weighted by Gasteiger charge is -2.32. The van der Waals surface area contributed by atoms with Crippen LogP contribution in [0.3, 0.4) is 0 Å². The Morgan fingerprint density at radius 2 is 1.41 bits per heavy atom. The number of unbranched alkanes of at least 4 members (excludes halogenated alkanes) is 2. The van der Waals surface area contributed by atoms with Crippen molar-refractivity contribution in [2.45, 2.75) is 52.7 Å². The van der Waals surface area contributed by atoms with Crippen molar-refractivity contribution in [2.75, 3.05) is 39.3 Å². The van der Waals surface area contributed by atoms with Gasteiger partial charge in [0.2, 0.25) is 0 Å². The number of aliphatic carboxylic acids is 3. The minimum absolute atomic E-state index is 0.00508. The molecule has 0 saturated carbocycles. The van der Waals surface area contributed by atoms with Gasteiger partial charge in [-0.2, -0.15) is 0 Å². The number of ketones is 1. The summed E-state index contributed by atoms with van der Waals surface area (Å²) in [5.41, 5.74) is 0. The first-order valence-electron chi connectivity index (χ1n) is 9.82. The summed E-state index contributed by atoms with van der Waals surface area (Å²) >= 11 is 0. The third-order valence-electron chi connectivity index (χ3n) is 4.33. The molecule has 3 N–H and O–H groups in total. The molecule has 0 aliphatic heterocycles. The van der Waals surface area contributed by atoms with Crippen molar-refractivity contribution in [1.29, 1.82) is 0 Å². The molecule has 10 heteroatoms. The molecule has 0 aromatic carbocycles. The first kappa shape index (κ1) is 27.0. The van der Waals surface area contributed by atoms with Crippen LogP contribution in [0.25, 0.3) is 0 Å². The molecule has 0 fully saturated rings. The van der Waals surface area contributed by atoms with Crippen LogP contribution in [0.2, 0.25) is 0 Å². The second kappa shape index (κ2) is 14.9. The summed E-state index contributed by atoms with van der Waals surface area (Å²) in [4.78, 5) is 47.6. The summed E-state index contributed by atoms with van der Waals surface area (Å²) in [5.74, 6) is -3.24. The highest BCUT2D eigenvalue weighted by Gasteiger charge is 2.26. The number of hydrogen-bond donors (Lipinski definition) is 3. The summed E-state index contributed by atoms with van der Waals surface area (Å²) in [6.45, 7) is 4.83. The van der Waals surface area contributed by atoms with Crippen LogP contribution in [0.15, 0.2) is 0 Å². The number of carbonyl (C=O) groups excluding carboxylic acids is 1. The fraction of sp³-hybridized carbons (Fsp3) is 0.789. The van der Waals surface area contributed by atoms with E-state index in [9.17, 15) is 19.2 Å². The van der Waals surface area contributed by atoms with Gasteiger partial charge in [0.1, 0.15) is 12.0 Å². The first-order chi connectivity index (χ1) is 13.6. The van der Waals surface area contributed by atoms with Crippen molar-refractivity contribution < 1.29 is 39.2 Å². The number of carbonyl (C=O) groups is 4. The van der Waals surface area contributed by atoms with Gasteiger partial charge in [0.15, 0.2) is 0 Å². The maximum atomic E-state index is 11.6. The average Bonchev–Trinajstić information content (AvgIpc) is 2.60. The molecule has 1 unspecified atom stereocenters. The van der Waals surface area contributed by atoms with Crippen LogP contribution in [0.5, 0.6) is 0 Å². The predicted octanol–water partition coefficient (Wildman–Crippen LogP) is 0.992. The van der Waals surface area contributed by atoms with Crippen molar-refractivity contribution in [3.05, 3.63) is 0 Å². The Balaban J connectivity index is 4.87. The first-order valence-corrected chi connectivity index (χ1v) is 9.82. The highest BCUT2D eigenvalue weighted by molar-refractivity contribution is 5.80. The Bertz CT molecular complexity index is 522. The largest absolute Gasteiger partial charge is 0.480 e. The molecule has 0 aromatic heterocycles. The van der Waals surface area contributed by atoms with Crippen LogP contribution in [0.1, 0.15) is 46.5 Å². The second-order valence-corrected chi connectivity index (χ2v) is 7.17. The van der Waals surface area contributed by atoms with Crippen LogP contribution in [-0.2, 0) is 23.9 Å². The predicted molar refractivity (Wildman–Crippen MR) is 105 cm³/mol. The molecule has 0 amide bonds. The van der Waals surface area contributed by atoms with E-state index in [0.29, 0.717) is 19.4 Å². The number of likely N-dealkylation sites (N-methyl/N-ethyl adjacent to an activating group) is 1. The Labute approximate surface area is 171 Å². The van der Waals surface area contributed by atoms with Gasteiger partial charge in [-0.3, -0.25) is 29.0 Å². The summed E-state index contributed by atoms with van der Waals surface area (Å²) < 4.78 is 5.75. The highest BCUT2D eigenvalue weighted by atomic mass is 16.5. The Morgan fingerprint density at radius 1 is 0.862 bits per heavy atom. The topological polar surface area (TPSA) is 145 Å². The molecule has 0 spiro atoms. The quantitative estimate of drug-likeness (QED) is 0.218. The van der Waals surface area contributed by atoms with Crippen LogP contribution < -0.4 is 0 Å². The zero-order valence-electron chi connectivity index (χ0n) is 17.5. The van der Waals surface area contributed by atoms with Crippen molar-refractivity contribution in [3.63, 3.8) is 0 Å². The molecular weight excluding hydrogens is 384 g/mol. The standard InChI is InChI=1S/C19H34N2O8/c1-4-20(11-17(23)24)10-16(21(12-18(25)26)13-19(27)28)29-9-7-5-6-8-15(22)14(2)3/h14,16H,4-13H2,1-3H3,(H,23,24)(H,25,26)(H,27,28). The molecule has 29 heavy (non-hydrogen) atoms. The number of carboxylic acids is 3. The van der Waals surface area contributed by atoms with Crippen LogP contribution in [0, 0.1) is 5.92 Å². The highest BCUT2D eigenvalue weighted by Crippen LogP contribution is 2.10. The number of Topliss-reactive ketones (excluding diaryl/α,β-unsaturated/α-hetero) is 1. The van der Waals surface area contributed by atoms with Gasteiger partial charge in [-0.15, -0.1) is 0 Å². The molecule has 1 atom stereocenters. The molecular formula is C19H34N2O8. The fourth-order valence-corrected chi connectivity index (χ4v) is 2.68. The van der Waals surface area contributed by atoms with E-state index in [1.54, 1.807) is 11.8 Å². The number of hydrogen-bond acceptors (Lipinski definition) is 7. The van der Waals surface area contributed by atoms with Gasteiger partial charge in [0, 0.05) is 25.5 Å². The summed E-state index contributed by atoms with van der Waals surface area (Å²) in [6.07, 6.45) is 1.71. The smallest absolute Gasteiger partial charge is 0.317 e. The Morgan fingerprint density at radius 3 is 1.86 bits per heavy atom. The molecule has 0 aliphatic rings. The molecule has 0 aliphatic carbocycles. The molecule has 0 bridgehead atoms. The van der Waals surface area contributed by atoms with Crippen LogP contribution in [-0.4, -0.2) is 94.4 Å². The SMILES string of the molecule is CCN(CC(=O)O)CC(OCCCCCC(=O)C(C)C)N(CC(=O)O)CC(=O)O. The van der Waals surface area contributed by atoms with Crippen LogP contribution in [0.4, 0.5) is 0 Å². The lowest BCUT2D eigenvalue weighted by atomic mass is 10.0. The second-order valence-electron chi connectivity index (χ2n) is 7.17. The third kappa shape index (κ3) is 13.7. The van der Waals surface area contributed by atoms with Crippen molar-refractivity contribution >= 4 is 23.7 Å². The van der Waals surface area contributed by atoms with Gasteiger partial charge >= 0.3 is 17.9 Å². The molecule has 10 nitrogen and oxygen atoms in total. The summed E-state index contributed by atoms with van der Waals surface area (Å²) in [7, 11) is 0. The molecule has 0 heterocycles. The molecule has 0 radical (unpaired) electrons. The van der Waals surface area contributed by atoms with E-state index >= 15 is 0 Å². The molecule has 0 saturated heterocycles. The van der Waals surface area contributed by atoms with Crippen molar-refractivity contribution in [2.24, 2.45) is 5.92 Å². The fourth-order valence-electron chi connectivity index (χ4n) is 2.68. The molecule has 0 rings (SSSR count). The van der Waals surface area contributed by atoms with E-state index in [2.05, 4.69) is 0 Å². The van der Waals surface area contributed by atoms with E-state index in [4.69, 9.17) is 20.1 Å². The van der Waals surface area contributed by atoms with Crippen LogP contribution >= 0.6 is 0 Å². The van der Waals surface area contributed by atoms with E-state index in [1.807, 2.05) is 13.8 Å². The maximum absolute atomic E-state index is 11.6. The lowest BCUT2D eigenvalue weighted by Crippen LogP contribution is -2.50. The number of rotatable bonds is 18. The lowest BCUT2D eigenvalue weighted by molar-refractivity contribution is -0.153. The molecule has 168 valence electrons. The number of nitrogens with zero attached hydrogens (tertiary/aromatic N) is 2. The van der Waals surface area contributed by atoms with E-state index < -0.39 is 37.2 Å².